The number of nitrogens with one attached hydrogen (secondary N) is 1. The van der Waals surface area contributed by atoms with Crippen molar-refractivity contribution in [2.75, 3.05) is 13.7 Å². The monoisotopic (exact) mass is 329 g/mol. The fraction of sp³-hybridized carbons (Fsp3) is 0.125. The second kappa shape index (κ2) is 8.28. The molecule has 2 aromatic rings. The molecule has 2 rings (SSSR count). The van der Waals surface area contributed by atoms with Gasteiger partial charge in [-0.3, -0.25) is 14.9 Å². The number of carbonyl (C=O) groups excluding carboxylic acids is 1. The standard InChI is InChI=1S/C16H15N3O5/c1-23-13-6-8-14(9-7-13)24-11-16(20)18-17-10-12-4-2-3-5-15(12)19(21)22/h2-10H,11H2,1H3,(H,18,20)/b17-10-. The van der Waals surface area contributed by atoms with Gasteiger partial charge in [0.15, 0.2) is 6.61 Å². The lowest BCUT2D eigenvalue weighted by Gasteiger charge is -2.05. The van der Waals surface area contributed by atoms with Crippen molar-refractivity contribution >= 4 is 17.8 Å². The zero-order valence-corrected chi connectivity index (χ0v) is 12.8. The Morgan fingerprint density at radius 3 is 2.54 bits per heavy atom. The number of para-hydroxylation sites is 1. The number of amides is 1. The number of hydrogen-bond donors (Lipinski definition) is 1. The maximum atomic E-state index is 11.6. The summed E-state index contributed by atoms with van der Waals surface area (Å²) in [6.07, 6.45) is 1.21. The summed E-state index contributed by atoms with van der Waals surface area (Å²) < 4.78 is 10.3. The minimum atomic E-state index is -0.518. The molecular formula is C16H15N3O5. The van der Waals surface area contributed by atoms with E-state index in [0.717, 1.165) is 0 Å². The van der Waals surface area contributed by atoms with Crippen molar-refractivity contribution in [3.63, 3.8) is 0 Å². The van der Waals surface area contributed by atoms with Gasteiger partial charge in [-0.05, 0) is 30.3 Å². The summed E-state index contributed by atoms with van der Waals surface area (Å²) in [5, 5.41) is 14.5. The second-order valence-electron chi connectivity index (χ2n) is 4.57. The number of methoxy groups -OCH3 is 1. The highest BCUT2D eigenvalue weighted by atomic mass is 16.6. The van der Waals surface area contributed by atoms with Crippen LogP contribution in [0.1, 0.15) is 5.56 Å². The Balaban J connectivity index is 1.85. The molecule has 0 heterocycles. The maximum Gasteiger partial charge on any atom is 0.278 e. The second-order valence-corrected chi connectivity index (χ2v) is 4.57. The highest BCUT2D eigenvalue weighted by Crippen LogP contribution is 2.17. The number of nitro groups is 1. The minimum absolute atomic E-state index is 0.0926. The van der Waals surface area contributed by atoms with E-state index in [9.17, 15) is 14.9 Å². The number of rotatable bonds is 7. The number of hydrazone groups is 1. The molecule has 124 valence electrons. The van der Waals surface area contributed by atoms with Gasteiger partial charge in [-0.25, -0.2) is 5.43 Å². The Labute approximate surface area is 137 Å². The normalized spacial score (nSPS) is 10.4. The van der Waals surface area contributed by atoms with Gasteiger partial charge in [0.1, 0.15) is 11.5 Å². The Hall–Kier alpha value is -3.42. The van der Waals surface area contributed by atoms with Crippen LogP contribution >= 0.6 is 0 Å². The van der Waals surface area contributed by atoms with Crippen molar-refractivity contribution in [1.82, 2.24) is 5.43 Å². The number of carbonyl (C=O) groups is 1. The van der Waals surface area contributed by atoms with Crippen LogP contribution in [0, 0.1) is 10.1 Å². The first-order valence-electron chi connectivity index (χ1n) is 6.92. The van der Waals surface area contributed by atoms with Crippen LogP contribution in [0.2, 0.25) is 0 Å². The summed E-state index contributed by atoms with van der Waals surface area (Å²) in [4.78, 5) is 22.0. The van der Waals surface area contributed by atoms with E-state index in [0.29, 0.717) is 17.1 Å². The average Bonchev–Trinajstić information content (AvgIpc) is 2.60. The van der Waals surface area contributed by atoms with E-state index in [4.69, 9.17) is 9.47 Å². The van der Waals surface area contributed by atoms with Crippen LogP contribution in [0.4, 0.5) is 5.69 Å². The van der Waals surface area contributed by atoms with Gasteiger partial charge in [-0.1, -0.05) is 12.1 Å². The quantitative estimate of drug-likeness (QED) is 0.476. The lowest BCUT2D eigenvalue weighted by atomic mass is 10.2. The molecule has 1 N–H and O–H groups in total. The third-order valence-corrected chi connectivity index (χ3v) is 2.96. The number of nitrogens with zero attached hydrogens (tertiary/aromatic N) is 2. The van der Waals surface area contributed by atoms with Crippen molar-refractivity contribution in [2.45, 2.75) is 0 Å². The number of hydrogen-bond acceptors (Lipinski definition) is 6. The third-order valence-electron chi connectivity index (χ3n) is 2.96. The topological polar surface area (TPSA) is 103 Å². The summed E-state index contributed by atoms with van der Waals surface area (Å²) in [5.41, 5.74) is 2.45. The molecule has 24 heavy (non-hydrogen) atoms. The highest BCUT2D eigenvalue weighted by Gasteiger charge is 2.10. The first-order chi connectivity index (χ1) is 11.6. The molecule has 8 nitrogen and oxygen atoms in total. The molecule has 0 radical (unpaired) electrons. The first kappa shape index (κ1) is 16.9. The van der Waals surface area contributed by atoms with Crippen molar-refractivity contribution in [2.24, 2.45) is 5.10 Å². The molecule has 0 aliphatic heterocycles. The Morgan fingerprint density at radius 1 is 1.21 bits per heavy atom. The first-order valence-corrected chi connectivity index (χ1v) is 6.92. The smallest absolute Gasteiger partial charge is 0.278 e. The lowest BCUT2D eigenvalue weighted by Crippen LogP contribution is -2.24. The van der Waals surface area contributed by atoms with E-state index < -0.39 is 10.8 Å². The lowest BCUT2D eigenvalue weighted by molar-refractivity contribution is -0.385. The Bertz CT molecular complexity index is 744. The third kappa shape index (κ3) is 4.80. The zero-order chi connectivity index (χ0) is 17.4. The van der Waals surface area contributed by atoms with Crippen LogP contribution in [0.5, 0.6) is 11.5 Å². The molecule has 0 aromatic heterocycles. The number of benzene rings is 2. The largest absolute Gasteiger partial charge is 0.497 e. The van der Waals surface area contributed by atoms with Crippen LogP contribution in [0.25, 0.3) is 0 Å². The summed E-state index contributed by atoms with van der Waals surface area (Å²) in [6.45, 7) is -0.236. The molecule has 2 aromatic carbocycles. The van der Waals surface area contributed by atoms with Gasteiger partial charge in [-0.15, -0.1) is 0 Å². The van der Waals surface area contributed by atoms with Gasteiger partial charge < -0.3 is 9.47 Å². The molecule has 8 heteroatoms. The van der Waals surface area contributed by atoms with Crippen molar-refractivity contribution in [1.29, 1.82) is 0 Å². The fourth-order valence-corrected chi connectivity index (χ4v) is 1.79. The van der Waals surface area contributed by atoms with Crippen LogP contribution in [0.3, 0.4) is 0 Å². The molecule has 0 saturated carbocycles. The molecule has 0 atom stereocenters. The number of nitro benzene ring substituents is 1. The Morgan fingerprint density at radius 2 is 1.88 bits per heavy atom. The van der Waals surface area contributed by atoms with E-state index in [-0.39, 0.29) is 12.3 Å². The van der Waals surface area contributed by atoms with E-state index >= 15 is 0 Å². The van der Waals surface area contributed by atoms with E-state index in [1.54, 1.807) is 43.5 Å². The maximum absolute atomic E-state index is 11.6. The fourth-order valence-electron chi connectivity index (χ4n) is 1.79. The SMILES string of the molecule is COc1ccc(OCC(=O)N/N=C\c2ccccc2[N+](=O)[O-])cc1. The van der Waals surface area contributed by atoms with Gasteiger partial charge >= 0.3 is 0 Å². The summed E-state index contributed by atoms with van der Waals surface area (Å²) in [6, 6.07) is 12.8. The van der Waals surface area contributed by atoms with E-state index in [1.165, 1.54) is 18.3 Å². The molecular weight excluding hydrogens is 314 g/mol. The van der Waals surface area contributed by atoms with Crippen LogP contribution < -0.4 is 14.9 Å². The molecule has 0 bridgehead atoms. The molecule has 0 saturated heterocycles. The Kier molecular flexibility index (Phi) is 5.84. The molecule has 1 amide bonds. The van der Waals surface area contributed by atoms with Gasteiger partial charge in [0.2, 0.25) is 0 Å². The zero-order valence-electron chi connectivity index (χ0n) is 12.8. The number of ether oxygens (including phenoxy) is 2. The van der Waals surface area contributed by atoms with Crippen LogP contribution in [-0.4, -0.2) is 30.8 Å². The highest BCUT2D eigenvalue weighted by molar-refractivity contribution is 5.86. The van der Waals surface area contributed by atoms with Crippen molar-refractivity contribution in [3.8, 4) is 11.5 Å². The van der Waals surface area contributed by atoms with Gasteiger partial charge in [-0.2, -0.15) is 5.10 Å². The van der Waals surface area contributed by atoms with Crippen molar-refractivity contribution in [3.05, 3.63) is 64.2 Å². The molecule has 0 aliphatic carbocycles. The minimum Gasteiger partial charge on any atom is -0.497 e. The van der Waals surface area contributed by atoms with Crippen LogP contribution in [0.15, 0.2) is 53.6 Å². The average molecular weight is 329 g/mol. The molecule has 0 fully saturated rings. The van der Waals surface area contributed by atoms with E-state index in [2.05, 4.69) is 10.5 Å². The summed E-state index contributed by atoms with van der Waals surface area (Å²) >= 11 is 0. The van der Waals surface area contributed by atoms with Gasteiger partial charge in [0.05, 0.1) is 23.8 Å². The van der Waals surface area contributed by atoms with Crippen LogP contribution in [-0.2, 0) is 4.79 Å². The van der Waals surface area contributed by atoms with Gasteiger partial charge in [0, 0.05) is 6.07 Å². The molecule has 0 unspecified atom stereocenters. The van der Waals surface area contributed by atoms with E-state index in [1.807, 2.05) is 0 Å². The predicted octanol–water partition coefficient (Wildman–Crippen LogP) is 2.13. The summed E-state index contributed by atoms with van der Waals surface area (Å²) in [7, 11) is 1.55. The predicted molar refractivity (Wildman–Crippen MR) is 87.3 cm³/mol. The summed E-state index contributed by atoms with van der Waals surface area (Å²) in [5.74, 6) is 0.704. The molecule has 0 aliphatic rings. The van der Waals surface area contributed by atoms with Gasteiger partial charge in [0.25, 0.3) is 11.6 Å². The molecule has 0 spiro atoms. The van der Waals surface area contributed by atoms with Crippen molar-refractivity contribution < 1.29 is 19.2 Å².